The van der Waals surface area contributed by atoms with Gasteiger partial charge in [-0.05, 0) is 30.9 Å². The van der Waals surface area contributed by atoms with Gasteiger partial charge in [-0.3, -0.25) is 0 Å². The highest BCUT2D eigenvalue weighted by Crippen LogP contribution is 2.26. The molecule has 1 aromatic heterocycles. The molecule has 1 saturated carbocycles. The lowest BCUT2D eigenvalue weighted by atomic mass is 10.0. The van der Waals surface area contributed by atoms with Gasteiger partial charge in [0.25, 0.3) is 0 Å². The van der Waals surface area contributed by atoms with Crippen LogP contribution in [0.3, 0.4) is 0 Å². The summed E-state index contributed by atoms with van der Waals surface area (Å²) in [5.74, 6) is 1.03. The van der Waals surface area contributed by atoms with Gasteiger partial charge in [-0.2, -0.15) is 0 Å². The van der Waals surface area contributed by atoms with E-state index < -0.39 is 0 Å². The predicted molar refractivity (Wildman–Crippen MR) is 74.2 cm³/mol. The standard InChI is InChI=1S/C14H20N4O/c1-17(2)13-12-6-8-18(9-10(12)5-7-15-13)14(19)16-11-3-4-11/h5,7,11H,3-4,6,8-9H2,1-2H3,(H,16,19). The highest BCUT2D eigenvalue weighted by atomic mass is 16.2. The summed E-state index contributed by atoms with van der Waals surface area (Å²) in [6.45, 7) is 1.47. The van der Waals surface area contributed by atoms with Gasteiger partial charge in [-0.25, -0.2) is 9.78 Å². The van der Waals surface area contributed by atoms with Crippen molar-refractivity contribution < 1.29 is 4.79 Å². The topological polar surface area (TPSA) is 48.5 Å². The number of carbonyl (C=O) groups is 1. The zero-order chi connectivity index (χ0) is 13.4. The zero-order valence-electron chi connectivity index (χ0n) is 11.5. The highest BCUT2D eigenvalue weighted by Gasteiger charge is 2.28. The van der Waals surface area contributed by atoms with Gasteiger partial charge in [0.15, 0.2) is 0 Å². The van der Waals surface area contributed by atoms with Crippen molar-refractivity contribution in [2.24, 2.45) is 0 Å². The summed E-state index contributed by atoms with van der Waals surface area (Å²) in [6, 6.07) is 2.53. The van der Waals surface area contributed by atoms with Crippen molar-refractivity contribution in [3.05, 3.63) is 23.4 Å². The first-order valence-corrected chi connectivity index (χ1v) is 6.84. The minimum absolute atomic E-state index is 0.0800. The molecule has 1 aromatic rings. The summed E-state index contributed by atoms with van der Waals surface area (Å²) in [6.07, 6.45) is 4.97. The van der Waals surface area contributed by atoms with Gasteiger partial charge in [0.2, 0.25) is 0 Å². The predicted octanol–water partition coefficient (Wildman–Crippen LogP) is 1.38. The molecule has 5 heteroatoms. The van der Waals surface area contributed by atoms with E-state index in [0.29, 0.717) is 12.6 Å². The summed E-state index contributed by atoms with van der Waals surface area (Å²) in [5, 5.41) is 3.05. The van der Waals surface area contributed by atoms with E-state index in [4.69, 9.17) is 0 Å². The third-order valence-electron chi connectivity index (χ3n) is 3.74. The van der Waals surface area contributed by atoms with Gasteiger partial charge in [0.1, 0.15) is 5.82 Å². The molecule has 0 aromatic carbocycles. The van der Waals surface area contributed by atoms with E-state index in [2.05, 4.69) is 10.3 Å². The number of aromatic nitrogens is 1. The van der Waals surface area contributed by atoms with Crippen molar-refractivity contribution >= 4 is 11.8 Å². The second-order valence-electron chi connectivity index (χ2n) is 5.56. The fourth-order valence-corrected chi connectivity index (χ4v) is 2.52. The number of nitrogens with zero attached hydrogens (tertiary/aromatic N) is 3. The minimum Gasteiger partial charge on any atom is -0.363 e. The molecule has 0 atom stereocenters. The van der Waals surface area contributed by atoms with Crippen LogP contribution in [0.4, 0.5) is 10.6 Å². The van der Waals surface area contributed by atoms with Gasteiger partial charge in [-0.15, -0.1) is 0 Å². The van der Waals surface area contributed by atoms with Crippen LogP contribution in [0.2, 0.25) is 0 Å². The fourth-order valence-electron chi connectivity index (χ4n) is 2.52. The van der Waals surface area contributed by atoms with Crippen molar-refractivity contribution in [2.45, 2.75) is 31.8 Å². The van der Waals surface area contributed by atoms with Gasteiger partial charge in [0.05, 0.1) is 0 Å². The van der Waals surface area contributed by atoms with E-state index in [0.717, 1.165) is 31.6 Å². The molecule has 0 bridgehead atoms. The monoisotopic (exact) mass is 260 g/mol. The molecule has 2 aliphatic rings. The average molecular weight is 260 g/mol. The van der Waals surface area contributed by atoms with Gasteiger partial charge in [0, 0.05) is 45.0 Å². The van der Waals surface area contributed by atoms with E-state index in [1.165, 1.54) is 11.1 Å². The number of carbonyl (C=O) groups excluding carboxylic acids is 1. The minimum atomic E-state index is 0.0800. The Bertz CT molecular complexity index is 496. The van der Waals surface area contributed by atoms with E-state index >= 15 is 0 Å². The first-order chi connectivity index (χ1) is 9.15. The first-order valence-electron chi connectivity index (χ1n) is 6.84. The Morgan fingerprint density at radius 3 is 2.95 bits per heavy atom. The van der Waals surface area contributed by atoms with Crippen LogP contribution in [0.5, 0.6) is 0 Å². The van der Waals surface area contributed by atoms with Crippen LogP contribution in [-0.2, 0) is 13.0 Å². The molecule has 1 aliphatic carbocycles. The molecular weight excluding hydrogens is 240 g/mol. The second kappa shape index (κ2) is 4.72. The molecule has 0 radical (unpaired) electrons. The Morgan fingerprint density at radius 2 is 2.26 bits per heavy atom. The molecule has 5 nitrogen and oxygen atoms in total. The van der Waals surface area contributed by atoms with Crippen molar-refractivity contribution in [1.82, 2.24) is 15.2 Å². The summed E-state index contributed by atoms with van der Waals surface area (Å²) in [7, 11) is 4.02. The van der Waals surface area contributed by atoms with Gasteiger partial charge >= 0.3 is 6.03 Å². The third-order valence-corrected chi connectivity index (χ3v) is 3.74. The maximum Gasteiger partial charge on any atom is 0.317 e. The number of fused-ring (bicyclic) bond motifs is 1. The molecule has 0 spiro atoms. The van der Waals surface area contributed by atoms with Crippen LogP contribution in [0.1, 0.15) is 24.0 Å². The molecule has 2 amide bonds. The number of rotatable bonds is 2. The maximum atomic E-state index is 12.1. The number of hydrogen-bond acceptors (Lipinski definition) is 3. The maximum absolute atomic E-state index is 12.1. The third kappa shape index (κ3) is 2.50. The molecule has 0 unspecified atom stereocenters. The number of anilines is 1. The molecule has 1 aliphatic heterocycles. The van der Waals surface area contributed by atoms with Gasteiger partial charge in [-0.1, -0.05) is 0 Å². The summed E-state index contributed by atoms with van der Waals surface area (Å²) in [4.78, 5) is 20.4. The largest absolute Gasteiger partial charge is 0.363 e. The normalized spacial score (nSPS) is 17.9. The summed E-state index contributed by atoms with van der Waals surface area (Å²) >= 11 is 0. The number of amides is 2. The molecule has 19 heavy (non-hydrogen) atoms. The van der Waals surface area contributed by atoms with E-state index in [1.54, 1.807) is 0 Å². The van der Waals surface area contributed by atoms with Crippen LogP contribution in [0.15, 0.2) is 12.3 Å². The van der Waals surface area contributed by atoms with E-state index in [-0.39, 0.29) is 6.03 Å². The van der Waals surface area contributed by atoms with Crippen molar-refractivity contribution in [3.63, 3.8) is 0 Å². The Morgan fingerprint density at radius 1 is 1.47 bits per heavy atom. The Labute approximate surface area is 113 Å². The summed E-state index contributed by atoms with van der Waals surface area (Å²) < 4.78 is 0. The molecule has 1 N–H and O–H groups in total. The molecular formula is C14H20N4O. The van der Waals surface area contributed by atoms with E-state index in [1.807, 2.05) is 36.2 Å². The number of hydrogen-bond donors (Lipinski definition) is 1. The zero-order valence-corrected chi connectivity index (χ0v) is 11.5. The molecule has 0 saturated heterocycles. The van der Waals surface area contributed by atoms with Crippen LogP contribution in [0.25, 0.3) is 0 Å². The summed E-state index contributed by atoms with van der Waals surface area (Å²) in [5.41, 5.74) is 2.50. The van der Waals surface area contributed by atoms with Crippen LogP contribution in [0, 0.1) is 0 Å². The first kappa shape index (κ1) is 12.3. The quantitative estimate of drug-likeness (QED) is 0.874. The van der Waals surface area contributed by atoms with Gasteiger partial charge < -0.3 is 15.1 Å². The lowest BCUT2D eigenvalue weighted by molar-refractivity contribution is 0.192. The van der Waals surface area contributed by atoms with Crippen molar-refractivity contribution in [3.8, 4) is 0 Å². The second-order valence-corrected chi connectivity index (χ2v) is 5.56. The average Bonchev–Trinajstić information content (AvgIpc) is 3.21. The van der Waals surface area contributed by atoms with Crippen molar-refractivity contribution in [1.29, 1.82) is 0 Å². The molecule has 102 valence electrons. The van der Waals surface area contributed by atoms with Crippen LogP contribution < -0.4 is 10.2 Å². The Kier molecular flexibility index (Phi) is 3.05. The highest BCUT2D eigenvalue weighted by molar-refractivity contribution is 5.75. The smallest absolute Gasteiger partial charge is 0.317 e. The number of urea groups is 1. The molecule has 2 heterocycles. The lowest BCUT2D eigenvalue weighted by Gasteiger charge is -2.31. The van der Waals surface area contributed by atoms with Crippen LogP contribution >= 0.6 is 0 Å². The molecule has 3 rings (SSSR count). The fraction of sp³-hybridized carbons (Fsp3) is 0.571. The Balaban J connectivity index is 1.76. The lowest BCUT2D eigenvalue weighted by Crippen LogP contribution is -2.43. The van der Waals surface area contributed by atoms with E-state index in [9.17, 15) is 4.79 Å². The Hall–Kier alpha value is -1.78. The molecule has 1 fully saturated rings. The SMILES string of the molecule is CN(C)c1nccc2c1CCN(C(=O)NC1CC1)C2. The number of nitrogens with one attached hydrogen (secondary N) is 1. The van der Waals surface area contributed by atoms with Crippen molar-refractivity contribution in [2.75, 3.05) is 25.5 Å². The van der Waals surface area contributed by atoms with Crippen LogP contribution in [-0.4, -0.2) is 42.6 Å². The number of pyridine rings is 1.